The standard InChI is InChI=1S/C8H9N3O2S.C8H16N2O/c1-13-6-4-2-3-5-7(6)8(9)11-14(12)10-5;1-2-5-9-8(11)10-6-3-4-7-10/h2-4,10H,1H3,(H2,9,11);2-7H2,1H3,(H,9,11). The van der Waals surface area contributed by atoms with Crippen molar-refractivity contribution in [1.82, 2.24) is 10.2 Å². The summed E-state index contributed by atoms with van der Waals surface area (Å²) < 4.78 is 22.6. The Balaban J connectivity index is 0.000000186. The highest BCUT2D eigenvalue weighted by molar-refractivity contribution is 7.85. The number of nitrogens with zero attached hydrogens (tertiary/aromatic N) is 2. The number of methoxy groups -OCH3 is 1. The second-order valence-corrected chi connectivity index (χ2v) is 6.52. The minimum absolute atomic E-state index is 0.115. The van der Waals surface area contributed by atoms with Gasteiger partial charge in [-0.15, -0.1) is 0 Å². The van der Waals surface area contributed by atoms with Crippen LogP contribution in [-0.4, -0.2) is 47.7 Å². The van der Waals surface area contributed by atoms with Crippen molar-refractivity contribution in [1.29, 1.82) is 0 Å². The number of hydrogen-bond donors (Lipinski definition) is 3. The van der Waals surface area contributed by atoms with Crippen LogP contribution < -0.4 is 20.5 Å². The Morgan fingerprint density at radius 2 is 2.16 bits per heavy atom. The van der Waals surface area contributed by atoms with Crippen LogP contribution in [0.4, 0.5) is 10.5 Å². The lowest BCUT2D eigenvalue weighted by atomic mass is 10.1. The SMILES string of the molecule is CCCNC(=O)N1CCCC1.COc1cccc2c1C(N)=NS(=O)N2. The van der Waals surface area contributed by atoms with Gasteiger partial charge in [0.2, 0.25) is 11.2 Å². The summed E-state index contributed by atoms with van der Waals surface area (Å²) in [7, 11) is 1.55. The van der Waals surface area contributed by atoms with Crippen molar-refractivity contribution >= 4 is 28.7 Å². The lowest BCUT2D eigenvalue weighted by Gasteiger charge is -2.16. The van der Waals surface area contributed by atoms with E-state index in [1.165, 1.54) is 12.8 Å². The molecular formula is C16H25N5O3S. The first kappa shape index (κ1) is 19.0. The molecule has 1 aromatic carbocycles. The van der Waals surface area contributed by atoms with Gasteiger partial charge in [0, 0.05) is 19.6 Å². The van der Waals surface area contributed by atoms with Crippen molar-refractivity contribution in [2.45, 2.75) is 26.2 Å². The van der Waals surface area contributed by atoms with Crippen LogP contribution in [0, 0.1) is 0 Å². The number of nitrogens with two attached hydrogens (primary N) is 1. The van der Waals surface area contributed by atoms with Gasteiger partial charge in [-0.1, -0.05) is 13.0 Å². The number of likely N-dealkylation sites (tertiary alicyclic amines) is 1. The molecule has 0 aliphatic carbocycles. The molecule has 1 saturated heterocycles. The second-order valence-electron chi connectivity index (χ2n) is 5.64. The Kier molecular flexibility index (Phi) is 7.05. The number of urea groups is 1. The van der Waals surface area contributed by atoms with E-state index in [1.807, 2.05) is 4.90 Å². The first-order valence-electron chi connectivity index (χ1n) is 8.29. The van der Waals surface area contributed by atoms with Crippen LogP contribution in [0.3, 0.4) is 0 Å². The van der Waals surface area contributed by atoms with Crippen LogP contribution in [0.5, 0.6) is 5.75 Å². The third-order valence-corrected chi connectivity index (χ3v) is 4.56. The van der Waals surface area contributed by atoms with Crippen LogP contribution in [-0.2, 0) is 11.2 Å². The third kappa shape index (κ3) is 5.09. The number of benzene rings is 1. The largest absolute Gasteiger partial charge is 0.496 e. The van der Waals surface area contributed by atoms with Gasteiger partial charge >= 0.3 is 6.03 Å². The molecule has 1 fully saturated rings. The van der Waals surface area contributed by atoms with E-state index in [-0.39, 0.29) is 11.9 Å². The Labute approximate surface area is 150 Å². The van der Waals surface area contributed by atoms with Crippen LogP contribution in [0.2, 0.25) is 0 Å². The molecule has 0 radical (unpaired) electrons. The van der Waals surface area contributed by atoms with Crippen molar-refractivity contribution < 1.29 is 13.7 Å². The van der Waals surface area contributed by atoms with Gasteiger partial charge in [-0.25, -0.2) is 9.00 Å². The summed E-state index contributed by atoms with van der Waals surface area (Å²) in [6.07, 6.45) is 3.35. The number of nitrogens with one attached hydrogen (secondary N) is 2. The molecule has 1 aromatic rings. The van der Waals surface area contributed by atoms with Gasteiger partial charge in [0.05, 0.1) is 18.4 Å². The number of carbonyl (C=O) groups is 1. The van der Waals surface area contributed by atoms with Gasteiger partial charge in [-0.3, -0.25) is 4.72 Å². The molecule has 0 spiro atoms. The summed E-state index contributed by atoms with van der Waals surface area (Å²) in [5.74, 6) is 0.850. The fraction of sp³-hybridized carbons (Fsp3) is 0.500. The zero-order valence-electron chi connectivity index (χ0n) is 14.6. The number of ether oxygens (including phenoxy) is 1. The summed E-state index contributed by atoms with van der Waals surface area (Å²) in [6.45, 7) is 4.74. The molecule has 0 aromatic heterocycles. The summed E-state index contributed by atoms with van der Waals surface area (Å²) in [6, 6.07) is 5.46. The van der Waals surface area contributed by atoms with Crippen LogP contribution in [0.1, 0.15) is 31.7 Å². The summed E-state index contributed by atoms with van der Waals surface area (Å²) in [5, 5.41) is 2.86. The minimum Gasteiger partial charge on any atom is -0.496 e. The number of amides is 2. The van der Waals surface area contributed by atoms with E-state index in [1.54, 1.807) is 25.3 Å². The van der Waals surface area contributed by atoms with Gasteiger partial charge in [0.1, 0.15) is 11.6 Å². The molecule has 0 saturated carbocycles. The molecular weight excluding hydrogens is 342 g/mol. The number of hydrogen-bond acceptors (Lipinski definition) is 4. The van der Waals surface area contributed by atoms with E-state index >= 15 is 0 Å². The second kappa shape index (κ2) is 9.26. The molecule has 1 atom stereocenters. The van der Waals surface area contributed by atoms with Gasteiger partial charge < -0.3 is 20.7 Å². The van der Waals surface area contributed by atoms with E-state index in [2.05, 4.69) is 21.4 Å². The molecule has 2 aliphatic rings. The molecule has 25 heavy (non-hydrogen) atoms. The maximum absolute atomic E-state index is 11.2. The molecule has 2 heterocycles. The predicted octanol–water partition coefficient (Wildman–Crippen LogP) is 1.61. The highest BCUT2D eigenvalue weighted by Gasteiger charge is 2.19. The van der Waals surface area contributed by atoms with Crippen LogP contribution >= 0.6 is 0 Å². The quantitative estimate of drug-likeness (QED) is 0.754. The van der Waals surface area contributed by atoms with Crippen molar-refractivity contribution in [2.75, 3.05) is 31.5 Å². The highest BCUT2D eigenvalue weighted by atomic mass is 32.2. The maximum atomic E-state index is 11.2. The molecule has 3 rings (SSSR count). The van der Waals surface area contributed by atoms with E-state index in [0.29, 0.717) is 17.0 Å². The van der Waals surface area contributed by atoms with Crippen molar-refractivity contribution in [2.24, 2.45) is 10.1 Å². The molecule has 138 valence electrons. The Morgan fingerprint density at radius 3 is 2.80 bits per heavy atom. The molecule has 0 bridgehead atoms. The smallest absolute Gasteiger partial charge is 0.317 e. The topological polar surface area (TPSA) is 109 Å². The lowest BCUT2D eigenvalue weighted by molar-refractivity contribution is 0.209. The van der Waals surface area contributed by atoms with Crippen LogP contribution in [0.15, 0.2) is 22.6 Å². The first-order valence-corrected chi connectivity index (χ1v) is 9.40. The average Bonchev–Trinajstić information content (AvgIpc) is 3.14. The zero-order chi connectivity index (χ0) is 18.2. The summed E-state index contributed by atoms with van der Waals surface area (Å²) in [4.78, 5) is 13.1. The number of fused-ring (bicyclic) bond motifs is 1. The first-order chi connectivity index (χ1) is 12.1. The fourth-order valence-corrected chi connectivity index (χ4v) is 3.24. The summed E-state index contributed by atoms with van der Waals surface area (Å²) in [5.41, 5.74) is 6.99. The van der Waals surface area contributed by atoms with Gasteiger partial charge in [0.15, 0.2) is 0 Å². The Bertz CT molecular complexity index is 659. The van der Waals surface area contributed by atoms with Crippen LogP contribution in [0.25, 0.3) is 0 Å². The predicted molar refractivity (Wildman–Crippen MR) is 100.0 cm³/mol. The molecule has 2 aliphatic heterocycles. The van der Waals surface area contributed by atoms with E-state index in [9.17, 15) is 9.00 Å². The minimum atomic E-state index is -1.48. The monoisotopic (exact) mass is 367 g/mol. The normalized spacial score (nSPS) is 18.2. The Hall–Kier alpha value is -2.29. The van der Waals surface area contributed by atoms with E-state index < -0.39 is 11.2 Å². The van der Waals surface area contributed by atoms with Crippen molar-refractivity contribution in [3.8, 4) is 5.75 Å². The summed E-state index contributed by atoms with van der Waals surface area (Å²) >= 11 is -1.48. The van der Waals surface area contributed by atoms with E-state index in [0.717, 1.165) is 26.1 Å². The number of amidine groups is 1. The fourth-order valence-electron chi connectivity index (χ4n) is 2.57. The number of anilines is 1. The number of carbonyl (C=O) groups excluding carboxylic acids is 1. The van der Waals surface area contributed by atoms with Crippen molar-refractivity contribution in [3.63, 3.8) is 0 Å². The highest BCUT2D eigenvalue weighted by Crippen LogP contribution is 2.28. The van der Waals surface area contributed by atoms with Gasteiger partial charge in [-0.05, 0) is 31.4 Å². The lowest BCUT2D eigenvalue weighted by Crippen LogP contribution is -2.38. The maximum Gasteiger partial charge on any atom is 0.317 e. The molecule has 2 amide bonds. The molecule has 4 N–H and O–H groups in total. The van der Waals surface area contributed by atoms with Gasteiger partial charge in [-0.2, -0.15) is 4.40 Å². The number of rotatable bonds is 3. The average molecular weight is 367 g/mol. The van der Waals surface area contributed by atoms with E-state index in [4.69, 9.17) is 10.5 Å². The third-order valence-electron chi connectivity index (χ3n) is 3.80. The zero-order valence-corrected chi connectivity index (χ0v) is 15.4. The molecule has 8 nitrogen and oxygen atoms in total. The Morgan fingerprint density at radius 1 is 1.44 bits per heavy atom. The van der Waals surface area contributed by atoms with Crippen molar-refractivity contribution in [3.05, 3.63) is 23.8 Å². The van der Waals surface area contributed by atoms with Gasteiger partial charge in [0.25, 0.3) is 0 Å². The molecule has 1 unspecified atom stereocenters. The molecule has 9 heteroatoms.